The Labute approximate surface area is 246 Å². The summed E-state index contributed by atoms with van der Waals surface area (Å²) >= 11 is 0.00694. The van der Waals surface area contributed by atoms with Crippen molar-refractivity contribution in [3.63, 3.8) is 0 Å². The summed E-state index contributed by atoms with van der Waals surface area (Å²) in [4.78, 5) is 24.5. The van der Waals surface area contributed by atoms with Gasteiger partial charge < -0.3 is 45.5 Å². The summed E-state index contributed by atoms with van der Waals surface area (Å²) in [6.45, 7) is 10.7. The fourth-order valence-electron chi connectivity index (χ4n) is 4.25. The second-order valence-electron chi connectivity index (χ2n) is 9.39. The molecule has 0 spiro atoms. The van der Waals surface area contributed by atoms with Crippen LogP contribution in [0.1, 0.15) is 20.8 Å². The third-order valence-electron chi connectivity index (χ3n) is 6.24. The molecule has 6 atom stereocenters. The summed E-state index contributed by atoms with van der Waals surface area (Å²) in [7, 11) is 12.1. The summed E-state index contributed by atoms with van der Waals surface area (Å²) < 4.78 is 21.5. The van der Waals surface area contributed by atoms with E-state index < -0.39 is 24.1 Å². The number of carbonyl (C=O) groups excluding carboxylic acids is 2. The number of ether oxygens (including phenoxy) is 4. The quantitative estimate of drug-likeness (QED) is 0.245. The monoisotopic (exact) mass is 629 g/mol. The van der Waals surface area contributed by atoms with Crippen LogP contribution in [0.2, 0.25) is 0 Å². The maximum atomic E-state index is 12.3. The van der Waals surface area contributed by atoms with Crippen LogP contribution < -0.4 is 0 Å². The van der Waals surface area contributed by atoms with E-state index in [1.54, 1.807) is 6.08 Å². The molecule has 0 aromatic carbocycles. The average Bonchev–Trinajstić information content (AvgIpc) is 3.50. The molecule has 3 aliphatic heterocycles. The molecule has 39 heavy (non-hydrogen) atoms. The Kier molecular flexibility index (Phi) is 16.5. The zero-order valence-electron chi connectivity index (χ0n) is 23.0. The van der Waals surface area contributed by atoms with Crippen molar-refractivity contribution in [3.05, 3.63) is 49.4 Å². The van der Waals surface area contributed by atoms with Gasteiger partial charge in [-0.05, 0) is 11.6 Å². The first-order valence-electron chi connectivity index (χ1n) is 12.8. The van der Waals surface area contributed by atoms with E-state index in [9.17, 15) is 9.59 Å². The van der Waals surface area contributed by atoms with Crippen molar-refractivity contribution in [2.75, 3.05) is 66.7 Å². The van der Waals surface area contributed by atoms with Crippen molar-refractivity contribution in [2.24, 2.45) is 0 Å². The molecule has 1 saturated heterocycles. The number of esters is 2. The van der Waals surface area contributed by atoms with Gasteiger partial charge in [0.15, 0.2) is 0 Å². The number of nitrogens with zero attached hydrogens (tertiary/aromatic N) is 5. The SMILES string of the molecule is COC(=O)C1=C(C(=O)OC)C2OC1C=C2COC[C@H]1C[N-][C@H](C)C[N-][C@@H](C)C[N-]CC[N-][C@H](C)C[N-]1.[Cl][Mn][Cl]. The fraction of sp³-hybridized carbons (Fsp3) is 0.760. The Hall–Kier alpha value is -0.761. The number of methoxy groups -OCH3 is 2. The van der Waals surface area contributed by atoms with Gasteiger partial charge >= 0.3 is 45.3 Å². The van der Waals surface area contributed by atoms with Crippen LogP contribution in [0.25, 0.3) is 26.6 Å². The van der Waals surface area contributed by atoms with Gasteiger partial charge in [-0.25, -0.2) is 9.59 Å². The third-order valence-corrected chi connectivity index (χ3v) is 6.24. The van der Waals surface area contributed by atoms with Crippen LogP contribution in [-0.2, 0) is 41.7 Å². The molecule has 0 aromatic heterocycles. The van der Waals surface area contributed by atoms with Gasteiger partial charge in [-0.1, -0.05) is 20.8 Å². The Balaban J connectivity index is 0.00000170. The molecule has 1 fully saturated rings. The minimum atomic E-state index is -0.682. The standard InChI is InChI=1S/C25H38N5O6.2ClH.Mn/c1-15-9-26-6-7-27-16(2)11-30-19(12-29-17(3)10-28-15)14-35-13-18-8-20-21(24(31)33-4)22(23(18)36-20)25(32)34-5;;;/h8,15-17,19-20,23H,6-7,9-14H2,1-5H3;2*1H;/q-5;;;+2/p-2/t15-,16+,17+,19+,20?,23?;;;/m0.../s1. The summed E-state index contributed by atoms with van der Waals surface area (Å²) in [5.74, 6) is -1.21. The van der Waals surface area contributed by atoms with E-state index >= 15 is 0 Å². The number of halogens is 2. The van der Waals surface area contributed by atoms with Gasteiger partial charge in [0.2, 0.25) is 0 Å². The Bertz CT molecular complexity index is 852. The van der Waals surface area contributed by atoms with Crippen molar-refractivity contribution < 1.29 is 41.7 Å². The molecule has 225 valence electrons. The number of fused-ring (bicyclic) bond motifs is 2. The van der Waals surface area contributed by atoms with Crippen LogP contribution in [-0.4, -0.2) is 115 Å². The van der Waals surface area contributed by atoms with Gasteiger partial charge in [0.1, 0.15) is 12.2 Å². The molecule has 0 amide bonds. The predicted molar refractivity (Wildman–Crippen MR) is 148 cm³/mol. The molecule has 0 saturated carbocycles. The van der Waals surface area contributed by atoms with Gasteiger partial charge in [0, 0.05) is 6.61 Å². The zero-order chi connectivity index (χ0) is 28.8. The van der Waals surface area contributed by atoms with E-state index in [1.165, 1.54) is 14.2 Å². The van der Waals surface area contributed by atoms with E-state index in [1.807, 2.05) is 6.92 Å². The minimum absolute atomic E-state index is 0.00694. The van der Waals surface area contributed by atoms with E-state index in [0.29, 0.717) is 45.9 Å². The molecular weight excluding hydrogens is 592 g/mol. The third kappa shape index (κ3) is 11.2. The molecule has 0 aromatic rings. The average molecular weight is 630 g/mol. The van der Waals surface area contributed by atoms with Crippen LogP contribution in [0, 0.1) is 0 Å². The number of hydrogen-bond donors (Lipinski definition) is 0. The second-order valence-corrected chi connectivity index (χ2v) is 11.3. The van der Waals surface area contributed by atoms with Gasteiger partial charge in [-0.2, -0.15) is 57.4 Å². The van der Waals surface area contributed by atoms with Gasteiger partial charge in [-0.15, -0.1) is 6.04 Å². The molecular formula is C25H38Cl2MnN5O6-5. The predicted octanol–water partition coefficient (Wildman–Crippen LogP) is 4.15. The number of hydrogen-bond acceptors (Lipinski definition) is 6. The van der Waals surface area contributed by atoms with Gasteiger partial charge in [-0.3, -0.25) is 0 Å². The molecule has 3 heterocycles. The molecule has 3 rings (SSSR count). The molecule has 2 unspecified atom stereocenters. The summed E-state index contributed by atoms with van der Waals surface area (Å²) in [6.07, 6.45) is 0.478. The molecule has 11 nitrogen and oxygen atoms in total. The topological polar surface area (TPSA) is 142 Å². The van der Waals surface area contributed by atoms with Crippen LogP contribution in [0.5, 0.6) is 0 Å². The number of rotatable bonds is 6. The Morgan fingerprint density at radius 3 is 2.18 bits per heavy atom. The first-order chi connectivity index (χ1) is 18.7. The van der Waals surface area contributed by atoms with Gasteiger partial charge in [0.05, 0.1) is 32.0 Å². The molecule has 3 aliphatic rings. The van der Waals surface area contributed by atoms with Crippen LogP contribution >= 0.6 is 20.2 Å². The molecule has 14 heteroatoms. The van der Waals surface area contributed by atoms with Crippen molar-refractivity contribution in [1.29, 1.82) is 0 Å². The van der Waals surface area contributed by atoms with Gasteiger partial charge in [0.25, 0.3) is 0 Å². The van der Waals surface area contributed by atoms with E-state index in [4.69, 9.17) is 49.8 Å². The fourth-order valence-corrected chi connectivity index (χ4v) is 4.25. The molecule has 0 aliphatic carbocycles. The maximum absolute atomic E-state index is 12.3. The van der Waals surface area contributed by atoms with E-state index in [-0.39, 0.29) is 55.1 Å². The first-order valence-corrected chi connectivity index (χ1v) is 16.0. The summed E-state index contributed by atoms with van der Waals surface area (Å²) in [5.41, 5.74) is 1.14. The van der Waals surface area contributed by atoms with E-state index in [2.05, 4.69) is 29.8 Å². The van der Waals surface area contributed by atoms with Crippen LogP contribution in [0.15, 0.2) is 22.8 Å². The summed E-state index contributed by atoms with van der Waals surface area (Å²) in [5, 5.41) is 23.4. The Morgan fingerprint density at radius 1 is 0.897 bits per heavy atom. The van der Waals surface area contributed by atoms with Crippen LogP contribution in [0.4, 0.5) is 0 Å². The number of carbonyl (C=O) groups is 2. The van der Waals surface area contributed by atoms with Crippen LogP contribution in [0.3, 0.4) is 0 Å². The molecule has 0 N–H and O–H groups in total. The van der Waals surface area contributed by atoms with Crippen molar-refractivity contribution >= 4 is 32.1 Å². The van der Waals surface area contributed by atoms with E-state index in [0.717, 1.165) is 5.57 Å². The zero-order valence-corrected chi connectivity index (χ0v) is 25.7. The van der Waals surface area contributed by atoms with Crippen molar-refractivity contribution in [3.8, 4) is 0 Å². The van der Waals surface area contributed by atoms with Crippen molar-refractivity contribution in [2.45, 2.75) is 57.1 Å². The normalized spacial score (nSPS) is 30.4. The molecule has 0 radical (unpaired) electrons. The first kappa shape index (κ1) is 34.4. The molecule has 2 bridgehead atoms. The van der Waals surface area contributed by atoms with Crippen molar-refractivity contribution in [1.82, 2.24) is 0 Å². The Morgan fingerprint density at radius 2 is 1.49 bits per heavy atom. The second kappa shape index (κ2) is 18.6. The summed E-state index contributed by atoms with van der Waals surface area (Å²) in [6, 6.07) is 0.232.